The molecule has 1 aliphatic heterocycles. The lowest BCUT2D eigenvalue weighted by Crippen LogP contribution is -2.28. The maximum absolute atomic E-state index is 15.6. The third kappa shape index (κ3) is 4.25. The van der Waals surface area contributed by atoms with Gasteiger partial charge in [0.05, 0.1) is 43.9 Å². The first kappa shape index (κ1) is 24.3. The van der Waals surface area contributed by atoms with Crippen molar-refractivity contribution in [1.29, 1.82) is 0 Å². The lowest BCUT2D eigenvalue weighted by molar-refractivity contribution is 0.117. The number of likely N-dealkylation sites (N-methyl/N-ethyl adjacent to an activating group) is 1. The van der Waals surface area contributed by atoms with E-state index in [1.54, 1.807) is 30.6 Å². The second-order valence-electron chi connectivity index (χ2n) is 8.51. The highest BCUT2D eigenvalue weighted by atomic mass is 19.1. The number of halogens is 2. The Bertz CT molecular complexity index is 1520. The van der Waals surface area contributed by atoms with E-state index in [0.717, 1.165) is 11.8 Å². The summed E-state index contributed by atoms with van der Waals surface area (Å²) in [5.74, 6) is -1.77. The highest BCUT2D eigenvalue weighted by Crippen LogP contribution is 2.41. The van der Waals surface area contributed by atoms with E-state index in [4.69, 9.17) is 9.47 Å². The predicted octanol–water partition coefficient (Wildman–Crippen LogP) is 3.34. The smallest absolute Gasteiger partial charge is 0.265 e. The van der Waals surface area contributed by atoms with Crippen molar-refractivity contribution in [3.63, 3.8) is 0 Å². The number of hydrazine groups is 1. The number of imidazole rings is 1. The van der Waals surface area contributed by atoms with Crippen molar-refractivity contribution in [3.05, 3.63) is 77.0 Å². The summed E-state index contributed by atoms with van der Waals surface area (Å²) in [5.41, 5.74) is 0.842. The van der Waals surface area contributed by atoms with Crippen molar-refractivity contribution >= 4 is 28.0 Å². The van der Waals surface area contributed by atoms with E-state index in [0.29, 0.717) is 29.0 Å². The van der Waals surface area contributed by atoms with Crippen LogP contribution in [-0.4, -0.2) is 64.4 Å². The Hall–Kier alpha value is -4.45. The molecule has 3 heterocycles. The molecule has 1 aliphatic rings. The molecule has 10 nitrogen and oxygen atoms in total. The van der Waals surface area contributed by atoms with E-state index in [1.807, 2.05) is 30.3 Å². The molecule has 1 N–H and O–H groups in total. The van der Waals surface area contributed by atoms with Crippen LogP contribution >= 0.6 is 0 Å². The van der Waals surface area contributed by atoms with Crippen LogP contribution in [0.5, 0.6) is 11.5 Å². The molecule has 192 valence electrons. The Balaban J connectivity index is 1.70. The number of anilines is 2. The molecule has 0 spiro atoms. The molecule has 0 atom stereocenters. The molecule has 0 saturated carbocycles. The Labute approximate surface area is 210 Å². The zero-order valence-electron chi connectivity index (χ0n) is 20.7. The molecule has 0 bridgehead atoms. The summed E-state index contributed by atoms with van der Waals surface area (Å²) >= 11 is 0. The quantitative estimate of drug-likeness (QED) is 0.406. The third-order valence-electron chi connectivity index (χ3n) is 6.31. The van der Waals surface area contributed by atoms with Gasteiger partial charge < -0.3 is 24.4 Å². The molecule has 2 aromatic heterocycles. The molecule has 0 fully saturated rings. The number of aromatic amines is 1. The van der Waals surface area contributed by atoms with Gasteiger partial charge in [-0.05, 0) is 18.2 Å². The monoisotopic (exact) mass is 509 g/mol. The molecular weight excluding hydrogens is 484 g/mol. The summed E-state index contributed by atoms with van der Waals surface area (Å²) in [5, 5.41) is 4.10. The number of rotatable bonds is 7. The van der Waals surface area contributed by atoms with Gasteiger partial charge in [-0.25, -0.2) is 23.8 Å². The number of hydrogen-bond acceptors (Lipinski definition) is 8. The molecular formula is C25H25F2N7O3. The molecule has 0 unspecified atom stereocenters. The van der Waals surface area contributed by atoms with Crippen LogP contribution in [0.15, 0.2) is 54.0 Å². The Morgan fingerprint density at radius 3 is 2.41 bits per heavy atom. The standard InChI is InChI=1S/C25H25F2N7O3/c1-31-11-16(12-32(31)2)34-14-30-18-6-5-15(9-17(18)25(34)35)33(13-21-28-7-8-29-21)24-22(26)19(36-3)10-20(37-4)23(24)27/h5-11,14H,12-13H2,1-4H3,(H,28,29). The molecule has 0 radical (unpaired) electrons. The van der Waals surface area contributed by atoms with Gasteiger partial charge in [0.2, 0.25) is 0 Å². The zero-order valence-corrected chi connectivity index (χ0v) is 20.7. The van der Waals surface area contributed by atoms with Gasteiger partial charge in [0, 0.05) is 44.4 Å². The second-order valence-corrected chi connectivity index (χ2v) is 8.51. The van der Waals surface area contributed by atoms with Gasteiger partial charge in [0.25, 0.3) is 5.56 Å². The molecule has 0 aliphatic carbocycles. The first-order valence-electron chi connectivity index (χ1n) is 11.3. The van der Waals surface area contributed by atoms with Crippen LogP contribution in [0.4, 0.5) is 20.2 Å². The highest BCUT2D eigenvalue weighted by molar-refractivity contribution is 5.84. The van der Waals surface area contributed by atoms with Crippen LogP contribution in [-0.2, 0) is 6.54 Å². The Morgan fingerprint density at radius 2 is 1.81 bits per heavy atom. The number of nitrogens with zero attached hydrogens (tertiary/aromatic N) is 6. The lowest BCUT2D eigenvalue weighted by atomic mass is 10.1. The molecule has 5 rings (SSSR count). The second kappa shape index (κ2) is 9.54. The molecule has 2 aromatic carbocycles. The van der Waals surface area contributed by atoms with Gasteiger partial charge in [0.15, 0.2) is 23.1 Å². The molecule has 0 saturated heterocycles. The third-order valence-corrected chi connectivity index (χ3v) is 6.31. The topological polar surface area (TPSA) is 91.8 Å². The Morgan fingerprint density at radius 1 is 1.08 bits per heavy atom. The van der Waals surface area contributed by atoms with Gasteiger partial charge in [-0.15, -0.1) is 0 Å². The van der Waals surface area contributed by atoms with Crippen LogP contribution in [0, 0.1) is 11.6 Å². The minimum Gasteiger partial charge on any atom is -0.493 e. The first-order valence-corrected chi connectivity index (χ1v) is 11.3. The average Bonchev–Trinajstić information content (AvgIpc) is 3.53. The van der Waals surface area contributed by atoms with Crippen LogP contribution < -0.4 is 19.9 Å². The summed E-state index contributed by atoms with van der Waals surface area (Å²) in [6.07, 6.45) is 6.47. The number of nitrogens with one attached hydrogen (secondary N) is 1. The predicted molar refractivity (Wildman–Crippen MR) is 135 cm³/mol. The van der Waals surface area contributed by atoms with Crippen molar-refractivity contribution < 1.29 is 18.3 Å². The van der Waals surface area contributed by atoms with Crippen molar-refractivity contribution in [2.75, 3.05) is 39.8 Å². The summed E-state index contributed by atoms with van der Waals surface area (Å²) < 4.78 is 42.9. The van der Waals surface area contributed by atoms with E-state index < -0.39 is 17.3 Å². The maximum Gasteiger partial charge on any atom is 0.265 e. The van der Waals surface area contributed by atoms with Gasteiger partial charge in [-0.3, -0.25) is 9.36 Å². The van der Waals surface area contributed by atoms with E-state index >= 15 is 8.78 Å². The van der Waals surface area contributed by atoms with Gasteiger partial charge >= 0.3 is 0 Å². The minimum atomic E-state index is -0.918. The molecule has 37 heavy (non-hydrogen) atoms. The average molecular weight is 510 g/mol. The van der Waals surface area contributed by atoms with Crippen molar-refractivity contribution in [2.24, 2.45) is 0 Å². The van der Waals surface area contributed by atoms with Crippen molar-refractivity contribution in [2.45, 2.75) is 6.54 Å². The summed E-state index contributed by atoms with van der Waals surface area (Å²) in [6, 6.07) is 5.99. The Kier molecular flexibility index (Phi) is 6.25. The van der Waals surface area contributed by atoms with Crippen molar-refractivity contribution in [1.82, 2.24) is 29.5 Å². The van der Waals surface area contributed by atoms with E-state index in [2.05, 4.69) is 15.0 Å². The SMILES string of the molecule is COc1cc(OC)c(F)c(N(Cc2ncc[nH]2)c2ccc3ncn(C4=CN(C)N(C)C4)c(=O)c3c2)c1F. The summed E-state index contributed by atoms with van der Waals surface area (Å²) in [7, 11) is 6.35. The number of methoxy groups -OCH3 is 2. The normalized spacial score (nSPS) is 13.8. The molecule has 4 aromatic rings. The number of benzene rings is 2. The number of aromatic nitrogens is 4. The molecule has 0 amide bonds. The minimum absolute atomic E-state index is 0.0299. The van der Waals surface area contributed by atoms with Crippen LogP contribution in [0.25, 0.3) is 16.6 Å². The molecule has 12 heteroatoms. The zero-order chi connectivity index (χ0) is 26.3. The fourth-order valence-electron chi connectivity index (χ4n) is 4.27. The van der Waals surface area contributed by atoms with Gasteiger partial charge in [-0.1, -0.05) is 0 Å². The van der Waals surface area contributed by atoms with Crippen LogP contribution in [0.1, 0.15) is 5.82 Å². The van der Waals surface area contributed by atoms with E-state index in [-0.39, 0.29) is 23.6 Å². The summed E-state index contributed by atoms with van der Waals surface area (Å²) in [4.78, 5) is 26.5. The number of fused-ring (bicyclic) bond motifs is 1. The first-order chi connectivity index (χ1) is 17.8. The highest BCUT2D eigenvalue weighted by Gasteiger charge is 2.27. The number of hydrogen-bond donors (Lipinski definition) is 1. The van der Waals surface area contributed by atoms with Gasteiger partial charge in [0.1, 0.15) is 17.8 Å². The van der Waals surface area contributed by atoms with Crippen LogP contribution in [0.2, 0.25) is 0 Å². The summed E-state index contributed by atoms with van der Waals surface area (Å²) in [6.45, 7) is 0.492. The van der Waals surface area contributed by atoms with E-state index in [1.165, 1.54) is 30.0 Å². The van der Waals surface area contributed by atoms with Crippen molar-refractivity contribution in [3.8, 4) is 11.5 Å². The van der Waals surface area contributed by atoms with Gasteiger partial charge in [-0.2, -0.15) is 0 Å². The largest absolute Gasteiger partial charge is 0.493 e. The van der Waals surface area contributed by atoms with Crippen LogP contribution in [0.3, 0.4) is 0 Å². The van der Waals surface area contributed by atoms with E-state index in [9.17, 15) is 4.79 Å². The fourth-order valence-corrected chi connectivity index (χ4v) is 4.27. The number of ether oxygens (including phenoxy) is 2. The maximum atomic E-state index is 15.6. The fraction of sp³-hybridized carbons (Fsp3) is 0.240. The lowest BCUT2D eigenvalue weighted by Gasteiger charge is -2.26. The number of H-pyrrole nitrogens is 1.